The van der Waals surface area contributed by atoms with Crippen molar-refractivity contribution in [2.24, 2.45) is 0 Å². The van der Waals surface area contributed by atoms with Crippen LogP contribution in [0, 0.1) is 0 Å². The molecule has 2 rings (SSSR count). The summed E-state index contributed by atoms with van der Waals surface area (Å²) in [5, 5.41) is 13.4. The molecule has 0 saturated heterocycles. The Bertz CT molecular complexity index is 618. The van der Waals surface area contributed by atoms with Crippen LogP contribution in [0.15, 0.2) is 35.7 Å². The highest BCUT2D eigenvalue weighted by molar-refractivity contribution is 7.12. The van der Waals surface area contributed by atoms with Gasteiger partial charge < -0.3 is 15.2 Å². The number of hydrogen-bond acceptors (Lipinski definition) is 4. The molecule has 0 aliphatic heterocycles. The Morgan fingerprint density at radius 3 is 2.55 bits per heavy atom. The SMILES string of the molecule is CC(=O)Nc1ccc(OCc2ccsc2C(=O)O)cc1. The number of amides is 1. The van der Waals surface area contributed by atoms with Gasteiger partial charge in [0.25, 0.3) is 0 Å². The normalized spacial score (nSPS) is 10.1. The van der Waals surface area contributed by atoms with Crippen molar-refractivity contribution >= 4 is 28.9 Å². The standard InChI is InChI=1S/C14H13NO4S/c1-9(16)15-11-2-4-12(5-3-11)19-8-10-6-7-20-13(10)14(17)18/h2-7H,8H2,1H3,(H,15,16)(H,17,18). The van der Waals surface area contributed by atoms with E-state index in [0.29, 0.717) is 21.9 Å². The van der Waals surface area contributed by atoms with E-state index in [9.17, 15) is 9.59 Å². The first-order chi connectivity index (χ1) is 9.56. The lowest BCUT2D eigenvalue weighted by Gasteiger charge is -2.07. The van der Waals surface area contributed by atoms with Crippen LogP contribution in [0.3, 0.4) is 0 Å². The Labute approximate surface area is 119 Å². The van der Waals surface area contributed by atoms with E-state index >= 15 is 0 Å². The summed E-state index contributed by atoms with van der Waals surface area (Å²) in [6, 6.07) is 8.63. The van der Waals surface area contributed by atoms with E-state index < -0.39 is 5.97 Å². The average molecular weight is 291 g/mol. The number of carbonyl (C=O) groups excluding carboxylic acids is 1. The minimum Gasteiger partial charge on any atom is -0.489 e. The molecular formula is C14H13NO4S. The van der Waals surface area contributed by atoms with E-state index in [1.165, 1.54) is 18.3 Å². The predicted molar refractivity (Wildman–Crippen MR) is 76.4 cm³/mol. The number of carbonyl (C=O) groups is 2. The molecule has 0 unspecified atom stereocenters. The molecular weight excluding hydrogens is 278 g/mol. The van der Waals surface area contributed by atoms with E-state index in [1.54, 1.807) is 35.7 Å². The summed E-state index contributed by atoms with van der Waals surface area (Å²) in [6.45, 7) is 1.64. The van der Waals surface area contributed by atoms with Gasteiger partial charge in [0.05, 0.1) is 0 Å². The lowest BCUT2D eigenvalue weighted by molar-refractivity contribution is -0.114. The fourth-order valence-corrected chi connectivity index (χ4v) is 2.38. The zero-order chi connectivity index (χ0) is 14.5. The van der Waals surface area contributed by atoms with Crippen LogP contribution in [0.5, 0.6) is 5.75 Å². The van der Waals surface area contributed by atoms with Crippen LogP contribution in [-0.2, 0) is 11.4 Å². The van der Waals surface area contributed by atoms with E-state index in [1.807, 2.05) is 0 Å². The monoisotopic (exact) mass is 291 g/mol. The minimum atomic E-state index is -0.945. The third-order valence-electron chi connectivity index (χ3n) is 2.51. The molecule has 2 N–H and O–H groups in total. The molecule has 104 valence electrons. The Balaban J connectivity index is 1.98. The van der Waals surface area contributed by atoms with Gasteiger partial charge in [-0.2, -0.15) is 0 Å². The molecule has 1 amide bonds. The van der Waals surface area contributed by atoms with Gasteiger partial charge in [-0.05, 0) is 35.7 Å². The maximum Gasteiger partial charge on any atom is 0.346 e. The minimum absolute atomic E-state index is 0.136. The van der Waals surface area contributed by atoms with Gasteiger partial charge in [0.1, 0.15) is 17.2 Å². The first-order valence-electron chi connectivity index (χ1n) is 5.86. The third kappa shape index (κ3) is 3.58. The molecule has 0 fully saturated rings. The summed E-state index contributed by atoms with van der Waals surface area (Å²) in [5.41, 5.74) is 1.33. The van der Waals surface area contributed by atoms with Crippen LogP contribution >= 0.6 is 11.3 Å². The summed E-state index contributed by atoms with van der Waals surface area (Å²) < 4.78 is 5.53. The van der Waals surface area contributed by atoms with Crippen molar-refractivity contribution in [3.05, 3.63) is 46.2 Å². The van der Waals surface area contributed by atoms with Crippen molar-refractivity contribution in [2.75, 3.05) is 5.32 Å². The molecule has 0 spiro atoms. The van der Waals surface area contributed by atoms with Crippen molar-refractivity contribution < 1.29 is 19.4 Å². The van der Waals surface area contributed by atoms with E-state index in [-0.39, 0.29) is 12.5 Å². The highest BCUT2D eigenvalue weighted by Crippen LogP contribution is 2.21. The zero-order valence-electron chi connectivity index (χ0n) is 10.8. The number of nitrogens with one attached hydrogen (secondary N) is 1. The van der Waals surface area contributed by atoms with Gasteiger partial charge in [-0.25, -0.2) is 4.79 Å². The molecule has 1 aromatic heterocycles. The van der Waals surface area contributed by atoms with Crippen molar-refractivity contribution in [2.45, 2.75) is 13.5 Å². The van der Waals surface area contributed by atoms with Gasteiger partial charge >= 0.3 is 5.97 Å². The van der Waals surface area contributed by atoms with Crippen LogP contribution < -0.4 is 10.1 Å². The van der Waals surface area contributed by atoms with E-state index in [4.69, 9.17) is 9.84 Å². The Hall–Kier alpha value is -2.34. The van der Waals surface area contributed by atoms with Gasteiger partial charge in [-0.1, -0.05) is 0 Å². The number of carboxylic acids is 1. The Kier molecular flexibility index (Phi) is 4.37. The average Bonchev–Trinajstić information content (AvgIpc) is 2.86. The Morgan fingerprint density at radius 1 is 1.25 bits per heavy atom. The predicted octanol–water partition coefficient (Wildman–Crippen LogP) is 2.98. The van der Waals surface area contributed by atoms with Crippen molar-refractivity contribution in [1.82, 2.24) is 0 Å². The number of hydrogen-bond donors (Lipinski definition) is 2. The molecule has 6 heteroatoms. The van der Waals surface area contributed by atoms with Crippen molar-refractivity contribution in [3.8, 4) is 5.75 Å². The zero-order valence-corrected chi connectivity index (χ0v) is 11.6. The highest BCUT2D eigenvalue weighted by Gasteiger charge is 2.11. The topological polar surface area (TPSA) is 75.6 Å². The first-order valence-corrected chi connectivity index (χ1v) is 6.74. The summed E-state index contributed by atoms with van der Waals surface area (Å²) in [5.74, 6) is -0.468. The Morgan fingerprint density at radius 2 is 1.95 bits per heavy atom. The van der Waals surface area contributed by atoms with Crippen LogP contribution in [0.25, 0.3) is 0 Å². The lowest BCUT2D eigenvalue weighted by Crippen LogP contribution is -2.05. The molecule has 0 radical (unpaired) electrons. The van der Waals surface area contributed by atoms with Crippen LogP contribution in [0.2, 0.25) is 0 Å². The fraction of sp³-hybridized carbons (Fsp3) is 0.143. The first kappa shape index (κ1) is 14.1. The summed E-state index contributed by atoms with van der Waals surface area (Å²) in [7, 11) is 0. The van der Waals surface area contributed by atoms with Crippen molar-refractivity contribution in [3.63, 3.8) is 0 Å². The van der Waals surface area contributed by atoms with E-state index in [2.05, 4.69) is 5.32 Å². The fourth-order valence-electron chi connectivity index (χ4n) is 1.64. The van der Waals surface area contributed by atoms with Gasteiger partial charge in [-0.3, -0.25) is 4.79 Å². The maximum atomic E-state index is 11.0. The number of anilines is 1. The van der Waals surface area contributed by atoms with Gasteiger partial charge in [0, 0.05) is 18.2 Å². The molecule has 0 saturated carbocycles. The van der Waals surface area contributed by atoms with Crippen LogP contribution in [-0.4, -0.2) is 17.0 Å². The molecule has 1 heterocycles. The van der Waals surface area contributed by atoms with E-state index in [0.717, 1.165) is 0 Å². The largest absolute Gasteiger partial charge is 0.489 e. The molecule has 5 nitrogen and oxygen atoms in total. The molecule has 0 aliphatic carbocycles. The van der Waals surface area contributed by atoms with Gasteiger partial charge in [-0.15, -0.1) is 11.3 Å². The van der Waals surface area contributed by atoms with Crippen LogP contribution in [0.4, 0.5) is 5.69 Å². The molecule has 20 heavy (non-hydrogen) atoms. The maximum absolute atomic E-state index is 11.0. The van der Waals surface area contributed by atoms with Crippen molar-refractivity contribution in [1.29, 1.82) is 0 Å². The van der Waals surface area contributed by atoms with Crippen LogP contribution in [0.1, 0.15) is 22.2 Å². The van der Waals surface area contributed by atoms with Gasteiger partial charge in [0.15, 0.2) is 0 Å². The molecule has 1 aromatic carbocycles. The summed E-state index contributed by atoms with van der Waals surface area (Å²) in [4.78, 5) is 22.1. The number of benzene rings is 1. The molecule has 0 bridgehead atoms. The quantitative estimate of drug-likeness (QED) is 0.888. The summed E-state index contributed by atoms with van der Waals surface area (Å²) >= 11 is 1.18. The number of ether oxygens (including phenoxy) is 1. The second kappa shape index (κ2) is 6.21. The summed E-state index contributed by atoms with van der Waals surface area (Å²) in [6.07, 6.45) is 0. The smallest absolute Gasteiger partial charge is 0.346 e. The number of aromatic carboxylic acids is 1. The number of rotatable bonds is 5. The number of carboxylic acid groups (broad SMARTS) is 1. The highest BCUT2D eigenvalue weighted by atomic mass is 32.1. The number of thiophene rings is 1. The van der Waals surface area contributed by atoms with Gasteiger partial charge in [0.2, 0.25) is 5.91 Å². The lowest BCUT2D eigenvalue weighted by atomic mass is 10.2. The molecule has 0 aliphatic rings. The molecule has 2 aromatic rings. The third-order valence-corrected chi connectivity index (χ3v) is 3.45. The molecule has 0 atom stereocenters. The second-order valence-corrected chi connectivity index (χ2v) is 4.99. The second-order valence-electron chi connectivity index (χ2n) is 4.07.